The van der Waals surface area contributed by atoms with Gasteiger partial charge < -0.3 is 10.1 Å². The van der Waals surface area contributed by atoms with Crippen LogP contribution in [0.5, 0.6) is 0 Å². The molecule has 0 spiro atoms. The Morgan fingerprint density at radius 3 is 2.85 bits per heavy atom. The molecule has 0 aliphatic heterocycles. The molecule has 1 rings (SSSR count). The first-order valence-electron chi connectivity index (χ1n) is 3.60. The number of nitrogens with one attached hydrogen (secondary N) is 1. The highest BCUT2D eigenvalue weighted by molar-refractivity contribution is 9.10. The van der Waals surface area contributed by atoms with Gasteiger partial charge in [0.15, 0.2) is 0 Å². The van der Waals surface area contributed by atoms with E-state index in [1.807, 2.05) is 0 Å². The van der Waals surface area contributed by atoms with Crippen LogP contribution in [0.15, 0.2) is 16.7 Å². The number of aromatic nitrogens is 1. The van der Waals surface area contributed by atoms with Crippen LogP contribution in [0, 0.1) is 0 Å². The molecule has 1 aromatic rings. The second kappa shape index (κ2) is 4.23. The fourth-order valence-corrected chi connectivity index (χ4v) is 1.40. The molecule has 13 heavy (non-hydrogen) atoms. The van der Waals surface area contributed by atoms with Crippen molar-refractivity contribution in [1.29, 1.82) is 0 Å². The van der Waals surface area contributed by atoms with Crippen molar-refractivity contribution in [2.45, 2.75) is 0 Å². The van der Waals surface area contributed by atoms with Gasteiger partial charge in [0, 0.05) is 13.2 Å². The monoisotopic (exact) mass is 244 g/mol. The van der Waals surface area contributed by atoms with Crippen molar-refractivity contribution in [2.75, 3.05) is 19.5 Å². The lowest BCUT2D eigenvalue weighted by molar-refractivity contribution is 0.0600. The molecule has 0 amide bonds. The number of ether oxygens (including phenoxy) is 1. The maximum Gasteiger partial charge on any atom is 0.339 e. The number of nitrogens with zero attached hydrogens (tertiary/aromatic N) is 1. The maximum atomic E-state index is 11.1. The van der Waals surface area contributed by atoms with Crippen LogP contribution >= 0.6 is 15.9 Å². The smallest absolute Gasteiger partial charge is 0.339 e. The van der Waals surface area contributed by atoms with Crippen LogP contribution < -0.4 is 5.32 Å². The summed E-state index contributed by atoms with van der Waals surface area (Å²) in [7, 11) is 3.09. The summed E-state index contributed by atoms with van der Waals surface area (Å²) in [6.07, 6.45) is 1.46. The van der Waals surface area contributed by atoms with Crippen LogP contribution in [0.4, 0.5) is 5.82 Å². The molecule has 5 heteroatoms. The number of carbonyl (C=O) groups excluding carboxylic acids is 1. The van der Waals surface area contributed by atoms with Crippen molar-refractivity contribution >= 4 is 27.7 Å². The topological polar surface area (TPSA) is 51.2 Å². The van der Waals surface area contributed by atoms with Crippen LogP contribution in [0.1, 0.15) is 10.4 Å². The first-order valence-corrected chi connectivity index (χ1v) is 4.40. The van der Waals surface area contributed by atoms with E-state index in [1.165, 1.54) is 13.3 Å². The van der Waals surface area contributed by atoms with Crippen LogP contribution in [0.25, 0.3) is 0 Å². The summed E-state index contributed by atoms with van der Waals surface area (Å²) in [5.74, 6) is 0.295. The van der Waals surface area contributed by atoms with Gasteiger partial charge in [-0.05, 0) is 22.0 Å². The molecular formula is C8H9BrN2O2. The van der Waals surface area contributed by atoms with Gasteiger partial charge >= 0.3 is 5.97 Å². The Kier molecular flexibility index (Phi) is 3.25. The lowest BCUT2D eigenvalue weighted by Gasteiger charge is -2.03. The zero-order valence-corrected chi connectivity index (χ0v) is 8.88. The molecule has 70 valence electrons. The third-order valence-corrected chi connectivity index (χ3v) is 2.10. The zero-order valence-electron chi connectivity index (χ0n) is 7.30. The van der Waals surface area contributed by atoms with Gasteiger partial charge in [-0.1, -0.05) is 0 Å². The highest BCUT2D eigenvalue weighted by Crippen LogP contribution is 2.20. The molecule has 0 unspecified atom stereocenters. The first kappa shape index (κ1) is 9.98. The maximum absolute atomic E-state index is 11.1. The lowest BCUT2D eigenvalue weighted by Crippen LogP contribution is -2.03. The minimum absolute atomic E-state index is 0.393. The molecule has 0 radical (unpaired) electrons. The van der Waals surface area contributed by atoms with Crippen LogP contribution in [0.3, 0.4) is 0 Å². The Morgan fingerprint density at radius 2 is 2.38 bits per heavy atom. The molecule has 0 aliphatic carbocycles. The molecule has 4 nitrogen and oxygen atoms in total. The van der Waals surface area contributed by atoms with Crippen molar-refractivity contribution in [1.82, 2.24) is 4.98 Å². The number of methoxy groups -OCH3 is 1. The first-order chi connectivity index (χ1) is 6.19. The van der Waals surface area contributed by atoms with Crippen LogP contribution in [-0.2, 0) is 4.74 Å². The molecule has 0 aromatic carbocycles. The Morgan fingerprint density at radius 1 is 1.69 bits per heavy atom. The summed E-state index contributed by atoms with van der Waals surface area (Å²) >= 11 is 3.27. The van der Waals surface area contributed by atoms with Gasteiger partial charge in [0.05, 0.1) is 17.1 Å². The average Bonchev–Trinajstić information content (AvgIpc) is 2.16. The summed E-state index contributed by atoms with van der Waals surface area (Å²) in [5.41, 5.74) is 0.424. The fraction of sp³-hybridized carbons (Fsp3) is 0.250. The summed E-state index contributed by atoms with van der Waals surface area (Å²) < 4.78 is 5.28. The lowest BCUT2D eigenvalue weighted by atomic mass is 10.3. The van der Waals surface area contributed by atoms with Gasteiger partial charge in [0.2, 0.25) is 0 Å². The van der Waals surface area contributed by atoms with Crippen molar-refractivity contribution in [3.63, 3.8) is 0 Å². The molecule has 0 saturated heterocycles. The highest BCUT2D eigenvalue weighted by atomic mass is 79.9. The average molecular weight is 245 g/mol. The number of rotatable bonds is 2. The van der Waals surface area contributed by atoms with E-state index in [1.54, 1.807) is 13.1 Å². The van der Waals surface area contributed by atoms with E-state index in [2.05, 4.69) is 31.0 Å². The quantitative estimate of drug-likeness (QED) is 0.805. The predicted molar refractivity (Wildman–Crippen MR) is 52.8 cm³/mol. The molecule has 0 atom stereocenters. The van der Waals surface area contributed by atoms with E-state index < -0.39 is 5.97 Å². The van der Waals surface area contributed by atoms with Gasteiger partial charge in [0.1, 0.15) is 5.82 Å². The molecular weight excluding hydrogens is 236 g/mol. The second-order valence-corrected chi connectivity index (χ2v) is 3.15. The van der Waals surface area contributed by atoms with Crippen LogP contribution in [-0.4, -0.2) is 25.1 Å². The number of hydrogen-bond donors (Lipinski definition) is 1. The largest absolute Gasteiger partial charge is 0.465 e. The Labute approximate surface area is 84.4 Å². The van der Waals surface area contributed by atoms with E-state index in [4.69, 9.17) is 0 Å². The van der Waals surface area contributed by atoms with Crippen molar-refractivity contribution in [3.05, 3.63) is 22.3 Å². The van der Waals surface area contributed by atoms with Crippen molar-refractivity contribution in [3.8, 4) is 0 Å². The standard InChI is InChI=1S/C8H9BrN2O2/c1-10-7-6(9)3-5(4-11-7)8(12)13-2/h3-4H,1-2H3,(H,10,11). The normalized spacial score (nSPS) is 9.46. The third-order valence-electron chi connectivity index (χ3n) is 1.50. The van der Waals surface area contributed by atoms with Gasteiger partial charge in [-0.2, -0.15) is 0 Å². The molecule has 1 heterocycles. The van der Waals surface area contributed by atoms with Gasteiger partial charge in [-0.15, -0.1) is 0 Å². The SMILES string of the molecule is CNc1ncc(C(=O)OC)cc1Br. The Balaban J connectivity index is 3.02. The zero-order chi connectivity index (χ0) is 9.84. The summed E-state index contributed by atoms with van der Waals surface area (Å²) in [6.45, 7) is 0. The molecule has 0 aliphatic rings. The molecule has 0 fully saturated rings. The third kappa shape index (κ3) is 2.18. The Bertz CT molecular complexity index is 328. The van der Waals surface area contributed by atoms with Gasteiger partial charge in [-0.25, -0.2) is 9.78 Å². The minimum atomic E-state index is -0.393. The highest BCUT2D eigenvalue weighted by Gasteiger charge is 2.08. The fourth-order valence-electron chi connectivity index (χ4n) is 0.851. The van der Waals surface area contributed by atoms with Crippen molar-refractivity contribution < 1.29 is 9.53 Å². The number of halogens is 1. The second-order valence-electron chi connectivity index (χ2n) is 2.30. The number of esters is 1. The Hall–Kier alpha value is -1.10. The number of carbonyl (C=O) groups is 1. The number of pyridine rings is 1. The summed E-state index contributed by atoms with van der Waals surface area (Å²) in [4.78, 5) is 15.1. The van der Waals surface area contributed by atoms with E-state index in [-0.39, 0.29) is 0 Å². The van der Waals surface area contributed by atoms with Gasteiger partial charge in [0.25, 0.3) is 0 Å². The van der Waals surface area contributed by atoms with E-state index in [0.29, 0.717) is 11.4 Å². The molecule has 0 bridgehead atoms. The summed E-state index contributed by atoms with van der Waals surface area (Å²) in [5, 5.41) is 2.87. The van der Waals surface area contributed by atoms with Crippen molar-refractivity contribution in [2.24, 2.45) is 0 Å². The molecule has 1 N–H and O–H groups in total. The number of hydrogen-bond acceptors (Lipinski definition) is 4. The van der Waals surface area contributed by atoms with E-state index in [9.17, 15) is 4.79 Å². The summed E-state index contributed by atoms with van der Waals surface area (Å²) in [6, 6.07) is 1.66. The van der Waals surface area contributed by atoms with E-state index in [0.717, 1.165) is 4.47 Å². The number of anilines is 1. The minimum Gasteiger partial charge on any atom is -0.465 e. The van der Waals surface area contributed by atoms with E-state index >= 15 is 0 Å². The molecule has 1 aromatic heterocycles. The van der Waals surface area contributed by atoms with Crippen LogP contribution in [0.2, 0.25) is 0 Å². The van der Waals surface area contributed by atoms with Gasteiger partial charge in [-0.3, -0.25) is 0 Å². The predicted octanol–water partition coefficient (Wildman–Crippen LogP) is 1.67. The molecule has 0 saturated carbocycles.